The molecule has 9 nitrogen and oxygen atoms in total. The molecular weight excluding hydrogens is 408 g/mol. The van der Waals surface area contributed by atoms with Crippen LogP contribution in [-0.4, -0.2) is 37.1 Å². The molecular formula is C23H22N6O3. The summed E-state index contributed by atoms with van der Waals surface area (Å²) in [5.41, 5.74) is 1.87. The van der Waals surface area contributed by atoms with Gasteiger partial charge in [-0.05, 0) is 29.3 Å². The molecule has 0 saturated heterocycles. The van der Waals surface area contributed by atoms with Crippen LogP contribution in [0.25, 0.3) is 0 Å². The fraction of sp³-hybridized carbons (Fsp3) is 0.174. The summed E-state index contributed by atoms with van der Waals surface area (Å²) in [6.45, 7) is 1.43. The number of rotatable bonds is 9. The van der Waals surface area contributed by atoms with Crippen LogP contribution in [-0.2, 0) is 19.6 Å². The Bertz CT molecular complexity index is 1220. The third kappa shape index (κ3) is 5.66. The van der Waals surface area contributed by atoms with Crippen molar-refractivity contribution in [1.29, 1.82) is 0 Å². The molecule has 0 aliphatic carbocycles. The number of ether oxygens (including phenoxy) is 1. The zero-order valence-electron chi connectivity index (χ0n) is 17.3. The Kier molecular flexibility index (Phi) is 6.66. The quantitative estimate of drug-likeness (QED) is 0.435. The van der Waals surface area contributed by atoms with Gasteiger partial charge in [0.05, 0.1) is 13.1 Å². The number of carbonyl (C=O) groups is 1. The molecule has 0 spiro atoms. The molecule has 4 aromatic rings. The zero-order valence-corrected chi connectivity index (χ0v) is 17.3. The maximum absolute atomic E-state index is 12.6. The third-order valence-corrected chi connectivity index (χ3v) is 4.67. The fourth-order valence-electron chi connectivity index (χ4n) is 3.11. The maximum atomic E-state index is 12.6. The van der Waals surface area contributed by atoms with Crippen molar-refractivity contribution in [3.63, 3.8) is 0 Å². The summed E-state index contributed by atoms with van der Waals surface area (Å²) >= 11 is 0. The van der Waals surface area contributed by atoms with Gasteiger partial charge in [-0.15, -0.1) is 0 Å². The SMILES string of the molecule is O=C(NCc1cccc(Cn2cncn2)c1)c1ccc(=O)n(CCOc2ccccc2)n1. The molecule has 0 fully saturated rings. The first-order valence-corrected chi connectivity index (χ1v) is 10.1. The fourth-order valence-corrected chi connectivity index (χ4v) is 3.11. The molecule has 0 unspecified atom stereocenters. The van der Waals surface area contributed by atoms with E-state index in [4.69, 9.17) is 4.74 Å². The van der Waals surface area contributed by atoms with Crippen LogP contribution >= 0.6 is 0 Å². The van der Waals surface area contributed by atoms with Gasteiger partial charge < -0.3 is 10.1 Å². The zero-order chi connectivity index (χ0) is 22.2. The van der Waals surface area contributed by atoms with Gasteiger partial charge in [-0.3, -0.25) is 9.59 Å². The number of benzene rings is 2. The molecule has 162 valence electrons. The summed E-state index contributed by atoms with van der Waals surface area (Å²) in [6, 6.07) is 19.9. The van der Waals surface area contributed by atoms with E-state index >= 15 is 0 Å². The lowest BCUT2D eigenvalue weighted by atomic mass is 10.1. The molecule has 0 aliphatic rings. The van der Waals surface area contributed by atoms with Crippen LogP contribution in [0.4, 0.5) is 0 Å². The van der Waals surface area contributed by atoms with E-state index in [0.717, 1.165) is 11.1 Å². The molecule has 1 amide bonds. The maximum Gasteiger partial charge on any atom is 0.271 e. The minimum atomic E-state index is -0.357. The summed E-state index contributed by atoms with van der Waals surface area (Å²) in [4.78, 5) is 28.6. The highest BCUT2D eigenvalue weighted by molar-refractivity contribution is 5.91. The van der Waals surface area contributed by atoms with Crippen molar-refractivity contribution in [2.75, 3.05) is 6.61 Å². The topological polar surface area (TPSA) is 104 Å². The van der Waals surface area contributed by atoms with E-state index in [-0.39, 0.29) is 30.3 Å². The highest BCUT2D eigenvalue weighted by Gasteiger charge is 2.10. The summed E-state index contributed by atoms with van der Waals surface area (Å²) in [5, 5.41) is 11.1. The van der Waals surface area contributed by atoms with E-state index in [1.54, 1.807) is 11.0 Å². The second-order valence-electron chi connectivity index (χ2n) is 7.04. The van der Waals surface area contributed by atoms with E-state index in [0.29, 0.717) is 18.8 Å². The molecule has 0 saturated carbocycles. The van der Waals surface area contributed by atoms with Crippen LogP contribution in [0.1, 0.15) is 21.6 Å². The largest absolute Gasteiger partial charge is 0.492 e. The number of hydrogen-bond acceptors (Lipinski definition) is 6. The number of aromatic nitrogens is 5. The monoisotopic (exact) mass is 430 g/mol. The molecule has 4 rings (SSSR count). The normalized spacial score (nSPS) is 10.6. The van der Waals surface area contributed by atoms with Gasteiger partial charge >= 0.3 is 0 Å². The highest BCUT2D eigenvalue weighted by atomic mass is 16.5. The number of nitrogens with one attached hydrogen (secondary N) is 1. The van der Waals surface area contributed by atoms with Crippen molar-refractivity contribution in [3.8, 4) is 5.75 Å². The summed E-state index contributed by atoms with van der Waals surface area (Å²) in [6.07, 6.45) is 3.14. The Balaban J connectivity index is 1.34. The minimum Gasteiger partial charge on any atom is -0.492 e. The molecule has 1 N–H and O–H groups in total. The smallest absolute Gasteiger partial charge is 0.271 e. The lowest BCUT2D eigenvalue weighted by molar-refractivity contribution is 0.0943. The molecule has 9 heteroatoms. The van der Waals surface area contributed by atoms with Gasteiger partial charge in [0.2, 0.25) is 0 Å². The van der Waals surface area contributed by atoms with Gasteiger partial charge in [0.1, 0.15) is 30.7 Å². The second kappa shape index (κ2) is 10.2. The van der Waals surface area contributed by atoms with Crippen LogP contribution < -0.4 is 15.6 Å². The van der Waals surface area contributed by atoms with Crippen LogP contribution in [0.3, 0.4) is 0 Å². The lowest BCUT2D eigenvalue weighted by Gasteiger charge is -2.10. The van der Waals surface area contributed by atoms with Crippen molar-refractivity contribution in [1.82, 2.24) is 29.9 Å². The van der Waals surface area contributed by atoms with Crippen molar-refractivity contribution >= 4 is 5.91 Å². The Morgan fingerprint density at radius 2 is 1.84 bits per heavy atom. The number of hydrogen-bond donors (Lipinski definition) is 1. The Labute approximate surface area is 184 Å². The van der Waals surface area contributed by atoms with Gasteiger partial charge in [0.25, 0.3) is 11.5 Å². The number of carbonyl (C=O) groups excluding carboxylic acids is 1. The van der Waals surface area contributed by atoms with Crippen LogP contribution in [0, 0.1) is 0 Å². The summed E-state index contributed by atoms with van der Waals surface area (Å²) < 4.78 is 8.57. The predicted octanol–water partition coefficient (Wildman–Crippen LogP) is 1.89. The average Bonchev–Trinajstić information content (AvgIpc) is 3.33. The van der Waals surface area contributed by atoms with E-state index in [1.807, 2.05) is 54.6 Å². The molecule has 32 heavy (non-hydrogen) atoms. The average molecular weight is 430 g/mol. The van der Waals surface area contributed by atoms with Gasteiger partial charge in [0.15, 0.2) is 0 Å². The van der Waals surface area contributed by atoms with E-state index in [1.165, 1.54) is 23.1 Å². The predicted molar refractivity (Wildman–Crippen MR) is 117 cm³/mol. The summed E-state index contributed by atoms with van der Waals surface area (Å²) in [5.74, 6) is 0.352. The van der Waals surface area contributed by atoms with E-state index < -0.39 is 0 Å². The highest BCUT2D eigenvalue weighted by Crippen LogP contribution is 2.08. The van der Waals surface area contributed by atoms with Crippen LogP contribution in [0.5, 0.6) is 5.75 Å². The standard InChI is InChI=1S/C23H22N6O3/c30-22-10-9-21(27-29(22)11-12-32-20-7-2-1-3-8-20)23(31)25-14-18-5-4-6-19(13-18)15-28-17-24-16-26-28/h1-10,13,16-17H,11-12,14-15H2,(H,25,31). The molecule has 2 aromatic carbocycles. The molecule has 0 bridgehead atoms. The first-order valence-electron chi connectivity index (χ1n) is 10.1. The minimum absolute atomic E-state index is 0.170. The summed E-state index contributed by atoms with van der Waals surface area (Å²) in [7, 11) is 0. The van der Waals surface area contributed by atoms with Gasteiger partial charge in [0, 0.05) is 12.6 Å². The number of para-hydroxylation sites is 1. The van der Waals surface area contributed by atoms with Crippen molar-refractivity contribution < 1.29 is 9.53 Å². The molecule has 2 aromatic heterocycles. The Morgan fingerprint density at radius 3 is 2.66 bits per heavy atom. The Morgan fingerprint density at radius 1 is 1.00 bits per heavy atom. The number of amides is 1. The van der Waals surface area contributed by atoms with E-state index in [2.05, 4.69) is 20.5 Å². The first kappa shape index (κ1) is 21.0. The first-order chi connectivity index (χ1) is 15.7. The molecule has 0 aliphatic heterocycles. The number of nitrogens with zero attached hydrogens (tertiary/aromatic N) is 5. The Hall–Kier alpha value is -4.27. The third-order valence-electron chi connectivity index (χ3n) is 4.67. The second-order valence-corrected chi connectivity index (χ2v) is 7.04. The van der Waals surface area contributed by atoms with Gasteiger partial charge in [-0.1, -0.05) is 42.5 Å². The molecule has 2 heterocycles. The molecule has 0 radical (unpaired) electrons. The van der Waals surface area contributed by atoms with Crippen molar-refractivity contribution in [2.45, 2.75) is 19.6 Å². The molecule has 0 atom stereocenters. The van der Waals surface area contributed by atoms with Gasteiger partial charge in [-0.2, -0.15) is 10.2 Å². The van der Waals surface area contributed by atoms with Crippen LogP contribution in [0.2, 0.25) is 0 Å². The van der Waals surface area contributed by atoms with Crippen LogP contribution in [0.15, 0.2) is 84.2 Å². The van der Waals surface area contributed by atoms with E-state index in [9.17, 15) is 9.59 Å². The van der Waals surface area contributed by atoms with Gasteiger partial charge in [-0.25, -0.2) is 14.3 Å². The van der Waals surface area contributed by atoms with Crippen molar-refractivity contribution in [3.05, 3.63) is 107 Å². The lowest BCUT2D eigenvalue weighted by Crippen LogP contribution is -2.30. The van der Waals surface area contributed by atoms with Crippen molar-refractivity contribution in [2.24, 2.45) is 0 Å².